The molecule has 0 amide bonds. The highest BCUT2D eigenvalue weighted by Gasteiger charge is 2.30. The number of rotatable bonds is 4. The van der Waals surface area contributed by atoms with Gasteiger partial charge in [0.25, 0.3) is 0 Å². The van der Waals surface area contributed by atoms with E-state index in [0.29, 0.717) is 0 Å². The number of amidine groups is 1. The summed E-state index contributed by atoms with van der Waals surface area (Å²) in [6, 6.07) is 32.0. The number of hydrogen-bond donors (Lipinski definition) is 1. The summed E-state index contributed by atoms with van der Waals surface area (Å²) in [6.07, 6.45) is 0.841. The molecule has 2 unspecified atom stereocenters. The average molecular weight is 312 g/mol. The van der Waals surface area contributed by atoms with Gasteiger partial charge in [-0.3, -0.25) is 4.99 Å². The lowest BCUT2D eigenvalue weighted by atomic mass is 9.95. The SMILES string of the molecule is c1ccc(CC2=NC(c3ccccc3)C(c3ccccc3)N2)cc1. The summed E-state index contributed by atoms with van der Waals surface area (Å²) in [5.41, 5.74) is 3.81. The van der Waals surface area contributed by atoms with Crippen molar-refractivity contribution in [3.8, 4) is 0 Å². The van der Waals surface area contributed by atoms with Crippen LogP contribution in [-0.2, 0) is 6.42 Å². The van der Waals surface area contributed by atoms with Crippen LogP contribution in [0.2, 0.25) is 0 Å². The second-order valence-corrected chi connectivity index (χ2v) is 6.13. The van der Waals surface area contributed by atoms with E-state index >= 15 is 0 Å². The largest absolute Gasteiger partial charge is 0.364 e. The third-order valence-electron chi connectivity index (χ3n) is 4.45. The molecule has 3 aromatic rings. The third kappa shape index (κ3) is 3.09. The fraction of sp³-hybridized carbons (Fsp3) is 0.136. The molecule has 0 bridgehead atoms. The molecular weight excluding hydrogens is 292 g/mol. The molecular formula is C22H20N2. The van der Waals surface area contributed by atoms with Crippen molar-refractivity contribution in [1.82, 2.24) is 5.32 Å². The summed E-state index contributed by atoms with van der Waals surface area (Å²) < 4.78 is 0. The van der Waals surface area contributed by atoms with Gasteiger partial charge in [0.2, 0.25) is 0 Å². The van der Waals surface area contributed by atoms with Crippen molar-refractivity contribution in [3.63, 3.8) is 0 Å². The van der Waals surface area contributed by atoms with Crippen molar-refractivity contribution in [2.45, 2.75) is 18.5 Å². The van der Waals surface area contributed by atoms with Crippen LogP contribution >= 0.6 is 0 Å². The minimum absolute atomic E-state index is 0.118. The Kier molecular flexibility index (Phi) is 4.11. The maximum Gasteiger partial charge on any atom is 0.102 e. The molecule has 4 rings (SSSR count). The molecule has 0 aliphatic carbocycles. The summed E-state index contributed by atoms with van der Waals surface area (Å²) in [4.78, 5) is 5.02. The topological polar surface area (TPSA) is 24.4 Å². The normalized spacial score (nSPS) is 19.6. The first-order valence-corrected chi connectivity index (χ1v) is 8.37. The molecule has 1 N–H and O–H groups in total. The summed E-state index contributed by atoms with van der Waals surface area (Å²) in [5, 5.41) is 3.65. The van der Waals surface area contributed by atoms with Gasteiger partial charge in [-0.25, -0.2) is 0 Å². The molecule has 2 atom stereocenters. The van der Waals surface area contributed by atoms with Crippen molar-refractivity contribution in [2.75, 3.05) is 0 Å². The Hall–Kier alpha value is -2.87. The smallest absolute Gasteiger partial charge is 0.102 e. The van der Waals surface area contributed by atoms with Crippen molar-refractivity contribution >= 4 is 5.84 Å². The fourth-order valence-electron chi connectivity index (χ4n) is 3.27. The van der Waals surface area contributed by atoms with Gasteiger partial charge in [0, 0.05) is 6.42 Å². The molecule has 1 heterocycles. The highest BCUT2D eigenvalue weighted by Crippen LogP contribution is 2.36. The standard InChI is InChI=1S/C22H20N2/c1-4-10-17(11-5-1)16-20-23-21(18-12-6-2-7-13-18)22(24-20)19-14-8-3-9-15-19/h1-15,21-22H,16H2,(H,23,24). The molecule has 3 aromatic carbocycles. The molecule has 0 radical (unpaired) electrons. The number of nitrogens with one attached hydrogen (secondary N) is 1. The van der Waals surface area contributed by atoms with Crippen LogP contribution in [0.25, 0.3) is 0 Å². The molecule has 1 aliphatic heterocycles. The zero-order valence-corrected chi connectivity index (χ0v) is 13.5. The van der Waals surface area contributed by atoms with E-state index in [1.54, 1.807) is 0 Å². The second kappa shape index (κ2) is 6.71. The van der Waals surface area contributed by atoms with Gasteiger partial charge in [0.05, 0.1) is 6.04 Å². The third-order valence-corrected chi connectivity index (χ3v) is 4.45. The van der Waals surface area contributed by atoms with E-state index in [2.05, 4.69) is 90.2 Å². The number of benzene rings is 3. The molecule has 2 heteroatoms. The summed E-state index contributed by atoms with van der Waals surface area (Å²) in [6.45, 7) is 0. The zero-order chi connectivity index (χ0) is 16.2. The van der Waals surface area contributed by atoms with Crippen LogP contribution in [-0.4, -0.2) is 5.84 Å². The predicted molar refractivity (Wildman–Crippen MR) is 99.1 cm³/mol. The van der Waals surface area contributed by atoms with Crippen LogP contribution in [0, 0.1) is 0 Å². The van der Waals surface area contributed by atoms with Crippen LogP contribution in [0.5, 0.6) is 0 Å². The van der Waals surface area contributed by atoms with Crippen LogP contribution in [0.3, 0.4) is 0 Å². The maximum atomic E-state index is 5.02. The first kappa shape index (κ1) is 14.7. The fourth-order valence-corrected chi connectivity index (χ4v) is 3.27. The highest BCUT2D eigenvalue weighted by molar-refractivity contribution is 5.87. The Morgan fingerprint density at radius 1 is 0.667 bits per heavy atom. The lowest BCUT2D eigenvalue weighted by Crippen LogP contribution is -2.25. The minimum Gasteiger partial charge on any atom is -0.364 e. The van der Waals surface area contributed by atoms with Gasteiger partial charge in [0.15, 0.2) is 0 Å². The predicted octanol–water partition coefficient (Wildman–Crippen LogP) is 4.71. The van der Waals surface area contributed by atoms with E-state index in [0.717, 1.165) is 12.3 Å². The van der Waals surface area contributed by atoms with Gasteiger partial charge in [0.1, 0.15) is 11.9 Å². The first-order chi connectivity index (χ1) is 11.9. The van der Waals surface area contributed by atoms with Crippen molar-refractivity contribution in [1.29, 1.82) is 0 Å². The first-order valence-electron chi connectivity index (χ1n) is 8.37. The van der Waals surface area contributed by atoms with Gasteiger partial charge < -0.3 is 5.32 Å². The van der Waals surface area contributed by atoms with Crippen molar-refractivity contribution < 1.29 is 0 Å². The second-order valence-electron chi connectivity index (χ2n) is 6.13. The molecule has 0 fully saturated rings. The van der Waals surface area contributed by atoms with E-state index < -0.39 is 0 Å². The van der Waals surface area contributed by atoms with E-state index in [4.69, 9.17) is 4.99 Å². The Morgan fingerprint density at radius 2 is 1.21 bits per heavy atom. The lowest BCUT2D eigenvalue weighted by Gasteiger charge is -2.19. The molecule has 24 heavy (non-hydrogen) atoms. The van der Waals surface area contributed by atoms with Crippen LogP contribution in [0.1, 0.15) is 28.8 Å². The molecule has 118 valence electrons. The lowest BCUT2D eigenvalue weighted by molar-refractivity contribution is 0.572. The Morgan fingerprint density at radius 3 is 1.83 bits per heavy atom. The van der Waals surface area contributed by atoms with E-state index in [9.17, 15) is 0 Å². The van der Waals surface area contributed by atoms with E-state index in [-0.39, 0.29) is 12.1 Å². The number of nitrogens with zero attached hydrogens (tertiary/aromatic N) is 1. The van der Waals surface area contributed by atoms with Crippen molar-refractivity contribution in [3.05, 3.63) is 108 Å². The molecule has 0 aromatic heterocycles. The number of hydrogen-bond acceptors (Lipinski definition) is 2. The average Bonchev–Trinajstić information content (AvgIpc) is 3.08. The van der Waals surface area contributed by atoms with Crippen molar-refractivity contribution in [2.24, 2.45) is 4.99 Å². The van der Waals surface area contributed by atoms with Gasteiger partial charge in [-0.05, 0) is 16.7 Å². The monoisotopic (exact) mass is 312 g/mol. The van der Waals surface area contributed by atoms with Crippen LogP contribution in [0.4, 0.5) is 0 Å². The van der Waals surface area contributed by atoms with Gasteiger partial charge in [-0.15, -0.1) is 0 Å². The van der Waals surface area contributed by atoms with Crippen LogP contribution < -0.4 is 5.32 Å². The maximum absolute atomic E-state index is 5.02. The molecule has 1 aliphatic rings. The summed E-state index contributed by atoms with van der Waals surface area (Å²) >= 11 is 0. The Bertz CT molecular complexity index is 810. The van der Waals surface area contributed by atoms with Gasteiger partial charge in [-0.1, -0.05) is 91.0 Å². The molecule has 0 spiro atoms. The Balaban J connectivity index is 1.65. The van der Waals surface area contributed by atoms with Crippen LogP contribution in [0.15, 0.2) is 96.0 Å². The molecule has 2 nitrogen and oxygen atoms in total. The summed E-state index contributed by atoms with van der Waals surface area (Å²) in [5.74, 6) is 1.06. The van der Waals surface area contributed by atoms with Gasteiger partial charge in [-0.2, -0.15) is 0 Å². The quantitative estimate of drug-likeness (QED) is 0.741. The molecule has 0 saturated heterocycles. The molecule has 0 saturated carbocycles. The van der Waals surface area contributed by atoms with Gasteiger partial charge >= 0.3 is 0 Å². The Labute approximate surface area is 142 Å². The van der Waals surface area contributed by atoms with E-state index in [1.807, 2.05) is 6.07 Å². The number of aliphatic imine (C=N–C) groups is 1. The highest BCUT2D eigenvalue weighted by atomic mass is 15.1. The minimum atomic E-state index is 0.118. The summed E-state index contributed by atoms with van der Waals surface area (Å²) in [7, 11) is 0. The zero-order valence-electron chi connectivity index (χ0n) is 13.5. The van der Waals surface area contributed by atoms with E-state index in [1.165, 1.54) is 16.7 Å².